The number of rotatable bonds is 4. The first-order valence-corrected chi connectivity index (χ1v) is 7.63. The number of ether oxygens (including phenoxy) is 1. The molecule has 0 aliphatic carbocycles. The van der Waals surface area contributed by atoms with Gasteiger partial charge in [0.1, 0.15) is 0 Å². The second-order valence-electron chi connectivity index (χ2n) is 5.38. The Balaban J connectivity index is 1.68. The van der Waals surface area contributed by atoms with Crippen molar-refractivity contribution in [3.63, 3.8) is 0 Å². The van der Waals surface area contributed by atoms with E-state index in [-0.39, 0.29) is 5.91 Å². The van der Waals surface area contributed by atoms with Gasteiger partial charge in [0, 0.05) is 37.7 Å². The van der Waals surface area contributed by atoms with Gasteiger partial charge in [-0.15, -0.1) is 0 Å². The highest BCUT2D eigenvalue weighted by atomic mass is 16.5. The number of amides is 1. The molecule has 2 aromatic rings. The predicted molar refractivity (Wildman–Crippen MR) is 81.8 cm³/mol. The van der Waals surface area contributed by atoms with Gasteiger partial charge in [-0.25, -0.2) is 9.97 Å². The number of likely N-dealkylation sites (tertiary alicyclic amines) is 1. The number of piperidine rings is 1. The van der Waals surface area contributed by atoms with Crippen LogP contribution in [0.25, 0.3) is 0 Å². The molecule has 0 radical (unpaired) electrons. The maximum absolute atomic E-state index is 12.6. The van der Waals surface area contributed by atoms with Crippen molar-refractivity contribution in [1.82, 2.24) is 19.4 Å². The molecule has 1 fully saturated rings. The molecule has 6 nitrogen and oxygen atoms in total. The van der Waals surface area contributed by atoms with Crippen LogP contribution in [0.2, 0.25) is 0 Å². The van der Waals surface area contributed by atoms with Crippen LogP contribution in [0.4, 0.5) is 0 Å². The van der Waals surface area contributed by atoms with Crippen molar-refractivity contribution in [2.45, 2.75) is 25.8 Å². The molecular weight excluding hydrogens is 280 g/mol. The van der Waals surface area contributed by atoms with Crippen LogP contribution >= 0.6 is 0 Å². The number of nitrogens with zero attached hydrogens (tertiary/aromatic N) is 4. The van der Waals surface area contributed by atoms with Gasteiger partial charge >= 0.3 is 0 Å². The first kappa shape index (κ1) is 14.6. The number of carbonyl (C=O) groups excluding carboxylic acids is 1. The third kappa shape index (κ3) is 3.10. The summed E-state index contributed by atoms with van der Waals surface area (Å²) in [5, 5.41) is 0. The summed E-state index contributed by atoms with van der Waals surface area (Å²) in [5.41, 5.74) is 0.606. The average molecular weight is 300 g/mol. The molecule has 0 bridgehead atoms. The molecule has 0 N–H and O–H groups in total. The number of pyridine rings is 1. The molecule has 116 valence electrons. The van der Waals surface area contributed by atoms with Crippen LogP contribution in [0.1, 0.15) is 36.2 Å². The summed E-state index contributed by atoms with van der Waals surface area (Å²) in [5.74, 6) is 0.578. The lowest BCUT2D eigenvalue weighted by Gasteiger charge is -2.33. The molecule has 1 amide bonds. The van der Waals surface area contributed by atoms with Gasteiger partial charge in [0.05, 0.1) is 24.5 Å². The van der Waals surface area contributed by atoms with E-state index >= 15 is 0 Å². The minimum Gasteiger partial charge on any atom is -0.478 e. The first-order chi connectivity index (χ1) is 10.8. The van der Waals surface area contributed by atoms with Gasteiger partial charge in [-0.3, -0.25) is 4.79 Å². The quantitative estimate of drug-likeness (QED) is 0.868. The molecule has 22 heavy (non-hydrogen) atoms. The summed E-state index contributed by atoms with van der Waals surface area (Å²) in [6.07, 6.45) is 9.21. The minimum absolute atomic E-state index is 0.0281. The van der Waals surface area contributed by atoms with Gasteiger partial charge in [0.15, 0.2) is 0 Å². The molecule has 1 aliphatic heterocycles. The van der Waals surface area contributed by atoms with E-state index < -0.39 is 0 Å². The van der Waals surface area contributed by atoms with E-state index in [1.54, 1.807) is 24.5 Å². The lowest BCUT2D eigenvalue weighted by Crippen LogP contribution is -2.40. The molecule has 0 spiro atoms. The fraction of sp³-hybridized carbons (Fsp3) is 0.438. The van der Waals surface area contributed by atoms with Crippen LogP contribution < -0.4 is 4.74 Å². The van der Waals surface area contributed by atoms with E-state index in [9.17, 15) is 4.79 Å². The Morgan fingerprint density at radius 2 is 2.36 bits per heavy atom. The first-order valence-electron chi connectivity index (χ1n) is 7.63. The van der Waals surface area contributed by atoms with E-state index in [2.05, 4.69) is 14.5 Å². The van der Waals surface area contributed by atoms with Crippen LogP contribution in [0.3, 0.4) is 0 Å². The van der Waals surface area contributed by atoms with Gasteiger partial charge in [0.25, 0.3) is 5.91 Å². The monoisotopic (exact) mass is 300 g/mol. The van der Waals surface area contributed by atoms with Crippen molar-refractivity contribution in [3.05, 3.63) is 42.6 Å². The Hall–Kier alpha value is -2.37. The maximum atomic E-state index is 12.6. The standard InChI is InChI=1S/C16H20N4O2/c1-2-22-15-6-5-13(10-18-15)16(21)19-8-3-4-14(11-19)20-9-7-17-12-20/h5-7,9-10,12,14H,2-4,8,11H2,1H3/t14-/m1/s1. The third-order valence-electron chi connectivity index (χ3n) is 3.91. The van der Waals surface area contributed by atoms with Crippen molar-refractivity contribution in [2.75, 3.05) is 19.7 Å². The Bertz CT molecular complexity index is 610. The minimum atomic E-state index is 0.0281. The summed E-state index contributed by atoms with van der Waals surface area (Å²) < 4.78 is 7.39. The lowest BCUT2D eigenvalue weighted by molar-refractivity contribution is 0.0679. The zero-order valence-corrected chi connectivity index (χ0v) is 12.7. The van der Waals surface area contributed by atoms with Crippen molar-refractivity contribution in [2.24, 2.45) is 0 Å². The zero-order chi connectivity index (χ0) is 15.4. The smallest absolute Gasteiger partial charge is 0.255 e. The molecule has 1 atom stereocenters. The summed E-state index contributed by atoms with van der Waals surface area (Å²) in [6, 6.07) is 3.82. The topological polar surface area (TPSA) is 60.2 Å². The zero-order valence-electron chi connectivity index (χ0n) is 12.7. The van der Waals surface area contributed by atoms with Crippen molar-refractivity contribution >= 4 is 5.91 Å². The van der Waals surface area contributed by atoms with Gasteiger partial charge in [-0.2, -0.15) is 0 Å². The highest BCUT2D eigenvalue weighted by molar-refractivity contribution is 5.94. The van der Waals surface area contributed by atoms with Crippen LogP contribution in [-0.2, 0) is 0 Å². The van der Waals surface area contributed by atoms with Crippen LogP contribution in [0.5, 0.6) is 5.88 Å². The number of hydrogen-bond acceptors (Lipinski definition) is 4. The molecule has 2 aromatic heterocycles. The van der Waals surface area contributed by atoms with Gasteiger partial charge < -0.3 is 14.2 Å². The molecule has 6 heteroatoms. The fourth-order valence-corrected chi connectivity index (χ4v) is 2.79. The lowest BCUT2D eigenvalue weighted by atomic mass is 10.0. The number of aromatic nitrogens is 3. The normalized spacial score (nSPS) is 18.2. The van der Waals surface area contributed by atoms with E-state index in [4.69, 9.17) is 4.74 Å². The molecule has 1 saturated heterocycles. The van der Waals surface area contributed by atoms with Crippen molar-refractivity contribution in [1.29, 1.82) is 0 Å². The number of hydrogen-bond donors (Lipinski definition) is 0. The third-order valence-corrected chi connectivity index (χ3v) is 3.91. The summed E-state index contributed by atoms with van der Waals surface area (Å²) >= 11 is 0. The van der Waals surface area contributed by atoms with E-state index in [0.717, 1.165) is 19.4 Å². The fourth-order valence-electron chi connectivity index (χ4n) is 2.79. The molecule has 3 heterocycles. The molecule has 3 rings (SSSR count). The Labute approximate surface area is 129 Å². The molecular formula is C16H20N4O2. The molecule has 1 aliphatic rings. The number of carbonyl (C=O) groups is 1. The predicted octanol–water partition coefficient (Wildman–Crippen LogP) is 2.15. The van der Waals surface area contributed by atoms with Crippen molar-refractivity contribution in [3.8, 4) is 5.88 Å². The highest BCUT2D eigenvalue weighted by Crippen LogP contribution is 2.22. The second kappa shape index (κ2) is 6.60. The van der Waals surface area contributed by atoms with Crippen molar-refractivity contribution < 1.29 is 9.53 Å². The molecule has 0 unspecified atom stereocenters. The largest absolute Gasteiger partial charge is 0.478 e. The summed E-state index contributed by atoms with van der Waals surface area (Å²) in [4.78, 5) is 22.8. The Kier molecular flexibility index (Phi) is 4.37. The SMILES string of the molecule is CCOc1ccc(C(=O)N2CCC[C@@H](n3ccnc3)C2)cn1. The maximum Gasteiger partial charge on any atom is 0.255 e. The summed E-state index contributed by atoms with van der Waals surface area (Å²) in [7, 11) is 0. The Morgan fingerprint density at radius 1 is 1.45 bits per heavy atom. The molecule has 0 aromatic carbocycles. The molecule has 0 saturated carbocycles. The summed E-state index contributed by atoms with van der Waals surface area (Å²) in [6.45, 7) is 3.98. The van der Waals surface area contributed by atoms with E-state index in [1.165, 1.54) is 0 Å². The highest BCUT2D eigenvalue weighted by Gasteiger charge is 2.25. The van der Waals surface area contributed by atoms with E-state index in [1.807, 2.05) is 24.3 Å². The van der Waals surface area contributed by atoms with Gasteiger partial charge in [0.2, 0.25) is 5.88 Å². The van der Waals surface area contributed by atoms with E-state index in [0.29, 0.717) is 30.6 Å². The average Bonchev–Trinajstić information content (AvgIpc) is 3.10. The van der Waals surface area contributed by atoms with Crippen LogP contribution in [0, 0.1) is 0 Å². The Morgan fingerprint density at radius 3 is 3.05 bits per heavy atom. The number of imidazole rings is 1. The van der Waals surface area contributed by atoms with Gasteiger partial charge in [-0.05, 0) is 25.8 Å². The van der Waals surface area contributed by atoms with Gasteiger partial charge in [-0.1, -0.05) is 0 Å². The van der Waals surface area contributed by atoms with Crippen LogP contribution in [0.15, 0.2) is 37.1 Å². The second-order valence-corrected chi connectivity index (χ2v) is 5.38. The van der Waals surface area contributed by atoms with Crippen LogP contribution in [-0.4, -0.2) is 45.0 Å².